The summed E-state index contributed by atoms with van der Waals surface area (Å²) in [5.74, 6) is 0. The minimum absolute atomic E-state index is 0.124. The molecule has 0 aliphatic carbocycles. The SMILES string of the molecule is c1ccc(C(NSSNC(c2ccccc2)c2ccccc2)c2ccccc2)cc1. The van der Waals surface area contributed by atoms with Crippen LogP contribution in [-0.2, 0) is 0 Å². The van der Waals surface area contributed by atoms with Crippen molar-refractivity contribution < 1.29 is 0 Å². The fourth-order valence-electron chi connectivity index (χ4n) is 3.38. The molecule has 30 heavy (non-hydrogen) atoms. The number of nitrogens with one attached hydrogen (secondary N) is 2. The maximum Gasteiger partial charge on any atom is 0.0679 e. The molecule has 4 aromatic rings. The molecule has 0 radical (unpaired) electrons. The summed E-state index contributed by atoms with van der Waals surface area (Å²) >= 11 is 0. The maximum atomic E-state index is 3.63. The first-order chi connectivity index (χ1) is 14.9. The summed E-state index contributed by atoms with van der Waals surface area (Å²) in [5, 5.41) is 0. The molecular weight excluding hydrogens is 404 g/mol. The van der Waals surface area contributed by atoms with Crippen molar-refractivity contribution in [2.45, 2.75) is 12.1 Å². The van der Waals surface area contributed by atoms with Crippen molar-refractivity contribution in [3.63, 3.8) is 0 Å². The van der Waals surface area contributed by atoms with E-state index >= 15 is 0 Å². The lowest BCUT2D eigenvalue weighted by atomic mass is 10.00. The second-order valence-corrected chi connectivity index (χ2v) is 8.72. The van der Waals surface area contributed by atoms with E-state index in [1.54, 1.807) is 22.0 Å². The highest BCUT2D eigenvalue weighted by molar-refractivity contribution is 8.75. The van der Waals surface area contributed by atoms with Crippen LogP contribution in [0.2, 0.25) is 0 Å². The average Bonchev–Trinajstić information content (AvgIpc) is 2.84. The number of benzene rings is 4. The van der Waals surface area contributed by atoms with Gasteiger partial charge in [0.1, 0.15) is 0 Å². The van der Waals surface area contributed by atoms with E-state index in [1.807, 2.05) is 0 Å². The summed E-state index contributed by atoms with van der Waals surface area (Å²) in [6.45, 7) is 0. The fourth-order valence-corrected chi connectivity index (χ4v) is 5.08. The van der Waals surface area contributed by atoms with E-state index in [9.17, 15) is 0 Å². The summed E-state index contributed by atoms with van der Waals surface area (Å²) in [7, 11) is 3.25. The van der Waals surface area contributed by atoms with Gasteiger partial charge in [0.2, 0.25) is 0 Å². The molecule has 0 saturated carbocycles. The second kappa shape index (κ2) is 11.0. The van der Waals surface area contributed by atoms with E-state index in [-0.39, 0.29) is 12.1 Å². The molecule has 0 heterocycles. The lowest BCUT2D eigenvalue weighted by Gasteiger charge is -2.21. The zero-order valence-electron chi connectivity index (χ0n) is 16.5. The predicted molar refractivity (Wildman–Crippen MR) is 131 cm³/mol. The standard InChI is InChI=1S/C26H24N2S2/c1-5-13-21(14-6-1)25(22-15-7-2-8-16-22)27-29-30-28-26(23-17-9-3-10-18-23)24-19-11-4-12-20-24/h1-20,25-28H. The van der Waals surface area contributed by atoms with Crippen LogP contribution in [0.25, 0.3) is 0 Å². The quantitative estimate of drug-likeness (QED) is 0.171. The van der Waals surface area contributed by atoms with Crippen molar-refractivity contribution in [2.75, 3.05) is 0 Å². The van der Waals surface area contributed by atoms with Gasteiger partial charge >= 0.3 is 0 Å². The molecule has 4 rings (SSSR count). The van der Waals surface area contributed by atoms with Crippen molar-refractivity contribution in [1.82, 2.24) is 9.44 Å². The highest BCUT2D eigenvalue weighted by Crippen LogP contribution is 2.30. The number of hydrogen-bond acceptors (Lipinski definition) is 4. The molecule has 0 amide bonds. The summed E-state index contributed by atoms with van der Waals surface area (Å²) in [5.41, 5.74) is 5.00. The summed E-state index contributed by atoms with van der Waals surface area (Å²) < 4.78 is 7.26. The maximum absolute atomic E-state index is 3.63. The van der Waals surface area contributed by atoms with Gasteiger partial charge in [-0.2, -0.15) is 0 Å². The Kier molecular flexibility index (Phi) is 7.64. The van der Waals surface area contributed by atoms with Gasteiger partial charge in [-0.15, -0.1) is 0 Å². The molecule has 0 saturated heterocycles. The van der Waals surface area contributed by atoms with Crippen LogP contribution in [-0.4, -0.2) is 0 Å². The highest BCUT2D eigenvalue weighted by Gasteiger charge is 2.16. The Morgan fingerprint density at radius 1 is 0.367 bits per heavy atom. The smallest absolute Gasteiger partial charge is 0.0679 e. The van der Waals surface area contributed by atoms with Crippen LogP contribution >= 0.6 is 22.0 Å². The zero-order valence-corrected chi connectivity index (χ0v) is 18.2. The minimum Gasteiger partial charge on any atom is -0.242 e. The van der Waals surface area contributed by atoms with Crippen LogP contribution in [0.1, 0.15) is 34.3 Å². The lowest BCUT2D eigenvalue weighted by Crippen LogP contribution is -2.18. The topological polar surface area (TPSA) is 24.1 Å². The predicted octanol–water partition coefficient (Wildman–Crippen LogP) is 6.96. The molecule has 0 atom stereocenters. The Morgan fingerprint density at radius 3 is 0.833 bits per heavy atom. The first-order valence-electron chi connectivity index (χ1n) is 9.95. The number of rotatable bonds is 9. The van der Waals surface area contributed by atoms with Crippen molar-refractivity contribution in [2.24, 2.45) is 0 Å². The van der Waals surface area contributed by atoms with E-state index in [0.29, 0.717) is 0 Å². The molecule has 0 spiro atoms. The first kappa shape index (κ1) is 20.8. The van der Waals surface area contributed by atoms with E-state index in [1.165, 1.54) is 22.3 Å². The van der Waals surface area contributed by atoms with Crippen LogP contribution < -0.4 is 9.44 Å². The van der Waals surface area contributed by atoms with Crippen LogP contribution in [0.4, 0.5) is 0 Å². The van der Waals surface area contributed by atoms with Gasteiger partial charge in [-0.1, -0.05) is 121 Å². The monoisotopic (exact) mass is 428 g/mol. The third kappa shape index (κ3) is 5.55. The molecule has 4 aromatic carbocycles. The van der Waals surface area contributed by atoms with Crippen molar-refractivity contribution >= 4 is 22.0 Å². The van der Waals surface area contributed by atoms with Crippen LogP contribution in [0, 0.1) is 0 Å². The third-order valence-electron chi connectivity index (χ3n) is 4.91. The molecule has 0 aliphatic rings. The highest BCUT2D eigenvalue weighted by atomic mass is 33.1. The lowest BCUT2D eigenvalue weighted by molar-refractivity contribution is 0.801. The second-order valence-electron chi connectivity index (χ2n) is 6.91. The molecule has 2 N–H and O–H groups in total. The molecule has 4 heteroatoms. The molecule has 0 fully saturated rings. The van der Waals surface area contributed by atoms with E-state index in [2.05, 4.69) is 131 Å². The zero-order chi connectivity index (χ0) is 20.4. The van der Waals surface area contributed by atoms with E-state index in [4.69, 9.17) is 0 Å². The van der Waals surface area contributed by atoms with Gasteiger partial charge in [0.15, 0.2) is 0 Å². The van der Waals surface area contributed by atoms with E-state index in [0.717, 1.165) is 0 Å². The van der Waals surface area contributed by atoms with E-state index < -0.39 is 0 Å². The normalized spacial score (nSPS) is 11.1. The Balaban J connectivity index is 1.45. The fraction of sp³-hybridized carbons (Fsp3) is 0.0769. The van der Waals surface area contributed by atoms with Gasteiger partial charge in [-0.25, -0.2) is 9.44 Å². The molecule has 0 aromatic heterocycles. The molecule has 2 nitrogen and oxygen atoms in total. The summed E-state index contributed by atoms with van der Waals surface area (Å²) in [6, 6.07) is 42.5. The van der Waals surface area contributed by atoms with Gasteiger partial charge in [0, 0.05) is 22.0 Å². The van der Waals surface area contributed by atoms with Crippen LogP contribution in [0.5, 0.6) is 0 Å². The first-order valence-corrected chi connectivity index (χ1v) is 12.1. The van der Waals surface area contributed by atoms with Gasteiger partial charge < -0.3 is 0 Å². The van der Waals surface area contributed by atoms with Gasteiger partial charge in [0.05, 0.1) is 12.1 Å². The van der Waals surface area contributed by atoms with Crippen molar-refractivity contribution in [3.05, 3.63) is 144 Å². The molecular formula is C26H24N2S2. The largest absolute Gasteiger partial charge is 0.242 e. The van der Waals surface area contributed by atoms with Crippen molar-refractivity contribution in [1.29, 1.82) is 0 Å². The third-order valence-corrected chi connectivity index (χ3v) is 6.48. The average molecular weight is 429 g/mol. The molecule has 150 valence electrons. The Hall–Kier alpha value is -2.50. The van der Waals surface area contributed by atoms with Crippen LogP contribution in [0.3, 0.4) is 0 Å². The van der Waals surface area contributed by atoms with Gasteiger partial charge in [-0.3, -0.25) is 0 Å². The molecule has 0 aliphatic heterocycles. The van der Waals surface area contributed by atoms with Gasteiger partial charge in [0.25, 0.3) is 0 Å². The Bertz CT molecular complexity index is 832. The van der Waals surface area contributed by atoms with Crippen molar-refractivity contribution in [3.8, 4) is 0 Å². The minimum atomic E-state index is 0.124. The summed E-state index contributed by atoms with van der Waals surface area (Å²) in [4.78, 5) is 0. The van der Waals surface area contributed by atoms with Crippen LogP contribution in [0.15, 0.2) is 121 Å². The molecule has 0 unspecified atom stereocenters. The van der Waals surface area contributed by atoms with Gasteiger partial charge in [-0.05, 0) is 22.3 Å². The Labute approximate surface area is 186 Å². The Morgan fingerprint density at radius 2 is 0.600 bits per heavy atom. The summed E-state index contributed by atoms with van der Waals surface area (Å²) in [6.07, 6.45) is 0. The number of hydrogen-bond donors (Lipinski definition) is 2. The molecule has 0 bridgehead atoms.